The van der Waals surface area contributed by atoms with Crippen LogP contribution in [0, 0.1) is 70.6 Å². The molecule has 0 heterocycles. The quantitative estimate of drug-likeness (QED) is 0.0920. The SMILES string of the molecule is C.C.C.CC.CC.CC.CC.CN.C[N+](=O)[O-].C[N+](=O)[O-].C[N+](=O)[O-].[C-]#[N+]C(C)(C)c1ccccc1.[C-]#[N+]C(C)(C)c1ccccc1.[C-]#[N+]C(C)c1ccccc1.[C-]#[N+][CH-]C.[CH3-].[I][V]([I])[I].[W].[W].c1ccccc1. The summed E-state index contributed by atoms with van der Waals surface area (Å²) in [4.78, 5) is 38.0. The molecule has 14 nitrogen and oxygen atoms in total. The van der Waals surface area contributed by atoms with Crippen LogP contribution in [0.15, 0.2) is 127 Å². The summed E-state index contributed by atoms with van der Waals surface area (Å²) in [6, 6.07) is 41.5. The summed E-state index contributed by atoms with van der Waals surface area (Å²) in [6.07, 6.45) is 0. The molecule has 1 atom stereocenters. The van der Waals surface area contributed by atoms with Crippen molar-refractivity contribution in [2.45, 2.75) is 136 Å². The molecule has 74 heavy (non-hydrogen) atoms. The molecule has 0 aliphatic rings. The normalized spacial score (nSPS) is 7.55. The summed E-state index contributed by atoms with van der Waals surface area (Å²) in [5.41, 5.74) is 7.00. The van der Waals surface area contributed by atoms with Crippen LogP contribution in [0.3, 0.4) is 0 Å². The van der Waals surface area contributed by atoms with E-state index in [2.05, 4.69) is 85.1 Å². The Morgan fingerprint density at radius 3 is 0.811 bits per heavy atom. The van der Waals surface area contributed by atoms with Crippen LogP contribution in [0.1, 0.15) is 142 Å². The second-order valence-electron chi connectivity index (χ2n) is 11.3. The van der Waals surface area contributed by atoms with E-state index in [1.807, 2.05) is 217 Å². The van der Waals surface area contributed by atoms with E-state index >= 15 is 0 Å². The van der Waals surface area contributed by atoms with Crippen molar-refractivity contribution < 1.29 is 61.8 Å². The van der Waals surface area contributed by atoms with E-state index < -0.39 is 14.8 Å². The van der Waals surface area contributed by atoms with E-state index in [0.717, 1.165) is 37.8 Å². The van der Waals surface area contributed by atoms with Crippen LogP contribution in [0.25, 0.3) is 19.4 Å². The molecule has 2 N–H and O–H groups in total. The van der Waals surface area contributed by atoms with Crippen molar-refractivity contribution in [1.82, 2.24) is 0 Å². The molecule has 0 radical (unpaired) electrons. The first-order chi connectivity index (χ1) is 32.0. The standard InChI is InChI=1S/2C10H11N.C9H9N.C6H6.C3H4N.4C2H6.3CH3NO2.CH5N.3CH4.CH3.3HI.V.2W/c2*1-10(2,11-3)9-7-5-4-6-8-9;1-8(10-2)9-6-4-3-5-7-9;1-2-4-6-5-3-1;1-3-4-2;4*1-2;3*1-2(3)4;1-2;;;;;;;;;;/h2*4-8H,1-2H3;3-8H,1H3;1-6H;3H,1H3;4*1-2H3;3*1H3;2H2,1H3;3*1H4;1H3;3*1H;;;/q;;;;-1;;;;;;;;;;;;-1;;;;+3;;/p-3. The molecular weight excluding hydrogens is 1660 g/mol. The van der Waals surface area contributed by atoms with Gasteiger partial charge in [0.2, 0.25) is 6.04 Å². The van der Waals surface area contributed by atoms with Gasteiger partial charge in [-0.2, -0.15) is 0 Å². The van der Waals surface area contributed by atoms with Gasteiger partial charge in [-0.3, -0.25) is 36.9 Å². The molecule has 0 saturated heterocycles. The number of hydrogen-bond acceptors (Lipinski definition) is 7. The number of halogens is 3. The first-order valence-electron chi connectivity index (χ1n) is 21.1. The van der Waals surface area contributed by atoms with E-state index in [0.29, 0.717) is 0 Å². The van der Waals surface area contributed by atoms with Crippen molar-refractivity contribution >= 4 is 59.9 Å². The molecule has 0 spiro atoms. The minimum absolute atomic E-state index is 0. The minimum Gasteiger partial charge on any atom is -0.0623 e. The van der Waals surface area contributed by atoms with Crippen LogP contribution in [-0.2, 0) is 58.1 Å². The maximum absolute atomic E-state index is 8.81. The molecule has 0 aliphatic carbocycles. The first kappa shape index (κ1) is 115. The molecule has 0 saturated carbocycles. The molecule has 0 bridgehead atoms. The zero-order valence-electron chi connectivity index (χ0n) is 45.3. The van der Waals surface area contributed by atoms with Crippen molar-refractivity contribution in [3.8, 4) is 0 Å². The number of rotatable bonds is 3. The molecule has 0 amide bonds. The molecule has 0 aromatic heterocycles. The summed E-state index contributed by atoms with van der Waals surface area (Å²) in [5, 5.41) is 26.4. The van der Waals surface area contributed by atoms with E-state index in [9.17, 15) is 0 Å². The van der Waals surface area contributed by atoms with Crippen LogP contribution in [0.2, 0.25) is 0 Å². The largest absolute Gasteiger partial charge is 0.0623 e. The summed E-state index contributed by atoms with van der Waals surface area (Å²) in [5.74, 6) is 0. The zero-order valence-corrected chi connectivity index (χ0v) is 59.1. The van der Waals surface area contributed by atoms with Gasteiger partial charge in [-0.25, -0.2) is 19.7 Å². The average Bonchev–Trinajstić information content (AvgIpc) is 3.36. The first-order valence-corrected chi connectivity index (χ1v) is 34.6. The fourth-order valence-electron chi connectivity index (χ4n) is 3.01. The third-order valence-electron chi connectivity index (χ3n) is 5.79. The molecule has 0 fully saturated rings. The maximum Gasteiger partial charge on any atom is 0 e. The summed E-state index contributed by atoms with van der Waals surface area (Å²) in [6.45, 7) is 55.5. The van der Waals surface area contributed by atoms with Crippen LogP contribution >= 0.6 is 59.9 Å². The summed E-state index contributed by atoms with van der Waals surface area (Å²) < 4.78 is 0. The van der Waals surface area contributed by atoms with Gasteiger partial charge in [0.1, 0.15) is 0 Å². The third-order valence-corrected chi connectivity index (χ3v) is 5.79. The Labute approximate surface area is 520 Å². The minimum atomic E-state index is -0.500. The average molecular weight is 1750 g/mol. The van der Waals surface area contributed by atoms with Crippen molar-refractivity contribution in [3.05, 3.63) is 234 Å². The van der Waals surface area contributed by atoms with Gasteiger partial charge in [-0.1, -0.05) is 205 Å². The van der Waals surface area contributed by atoms with Crippen molar-refractivity contribution in [1.29, 1.82) is 0 Å². The van der Waals surface area contributed by atoms with Gasteiger partial charge in [0, 0.05) is 108 Å². The maximum atomic E-state index is 8.81. The number of nitro groups is 3. The van der Waals surface area contributed by atoms with Crippen molar-refractivity contribution in [2.24, 2.45) is 5.73 Å². The van der Waals surface area contributed by atoms with Gasteiger partial charge in [0.15, 0.2) is 21.1 Å². The van der Waals surface area contributed by atoms with Gasteiger partial charge >= 0.3 is 64.9 Å². The molecule has 4 aromatic rings. The summed E-state index contributed by atoms with van der Waals surface area (Å²) >= 11 is 7.39. The van der Waals surface area contributed by atoms with Crippen molar-refractivity contribution in [3.63, 3.8) is 0 Å². The second kappa shape index (κ2) is 95.8. The van der Waals surface area contributed by atoms with E-state index in [-0.39, 0.29) is 93.9 Å². The monoisotopic (exact) mass is 1750 g/mol. The Morgan fingerprint density at radius 2 is 0.676 bits per heavy atom. The fourth-order valence-corrected chi connectivity index (χ4v) is 3.01. The van der Waals surface area contributed by atoms with E-state index in [1.54, 1.807) is 6.92 Å². The second-order valence-corrected chi connectivity index (χ2v) is 46.7. The molecule has 0 aliphatic heterocycles. The molecule has 1 unspecified atom stereocenters. The number of nitrogens with two attached hydrogens (primary N) is 1. The van der Waals surface area contributed by atoms with Gasteiger partial charge < -0.3 is 32.5 Å². The smallest absolute Gasteiger partial charge is 0 e. The molecule has 20 heteroatoms. The Balaban J connectivity index is -0.0000000364. The van der Waals surface area contributed by atoms with E-state index in [4.69, 9.17) is 56.6 Å². The van der Waals surface area contributed by atoms with Crippen LogP contribution in [0.4, 0.5) is 0 Å². The molecule has 426 valence electrons. The Kier molecular flexibility index (Phi) is 149. The van der Waals surface area contributed by atoms with Crippen LogP contribution in [-0.4, -0.2) is 43.0 Å². The topological polar surface area (TPSA) is 173 Å². The van der Waals surface area contributed by atoms with Gasteiger partial charge in [0.25, 0.3) is 11.1 Å². The van der Waals surface area contributed by atoms with Gasteiger partial charge in [-0.05, 0) is 13.6 Å². The van der Waals surface area contributed by atoms with E-state index in [1.165, 1.54) is 13.6 Å². The molecule has 4 rings (SSSR count). The zero-order chi connectivity index (χ0) is 56.0. The third kappa shape index (κ3) is 118. The predicted octanol–water partition coefficient (Wildman–Crippen LogP) is 19.5. The van der Waals surface area contributed by atoms with Crippen molar-refractivity contribution in [2.75, 3.05) is 28.2 Å². The van der Waals surface area contributed by atoms with Gasteiger partial charge in [0.05, 0.1) is 0 Å². The molecular formula is C54H94I3N8O6VW2-2. The fraction of sp³-hybridized carbons (Fsp3) is 0.444. The Hall–Kier alpha value is -2.98. The number of benzene rings is 4. The van der Waals surface area contributed by atoms with Crippen LogP contribution in [0.5, 0.6) is 0 Å². The predicted molar refractivity (Wildman–Crippen MR) is 340 cm³/mol. The summed E-state index contributed by atoms with van der Waals surface area (Å²) in [7, 11) is 4.17. The Bertz CT molecular complexity index is 1680. The number of nitrogens with zero attached hydrogens (tertiary/aromatic N) is 7. The van der Waals surface area contributed by atoms with Crippen LogP contribution < -0.4 is 5.73 Å². The Morgan fingerprint density at radius 1 is 0.527 bits per heavy atom. The number of hydrogen-bond donors (Lipinski definition) is 1. The van der Waals surface area contributed by atoms with Gasteiger partial charge in [-0.15, -0.1) is 6.92 Å². The molecule has 4 aromatic carbocycles.